The number of hydrogen-bond acceptors (Lipinski definition) is 8. The van der Waals surface area contributed by atoms with Crippen molar-refractivity contribution in [3.05, 3.63) is 40.0 Å². The number of unbranched alkanes of at least 4 members (excludes halogenated alkanes) is 2. The third-order valence-electron chi connectivity index (χ3n) is 5.78. The Balaban J connectivity index is 1.58. The number of ether oxygens (including phenoxy) is 5. The summed E-state index contributed by atoms with van der Waals surface area (Å²) in [5.74, 6) is -0.857. The Morgan fingerprint density at radius 2 is 2.03 bits per heavy atom. The summed E-state index contributed by atoms with van der Waals surface area (Å²) in [5, 5.41) is 8.75. The fraction of sp³-hybridized carbons (Fsp3) is 0.680. The maximum Gasteiger partial charge on any atom is 0.239 e. The van der Waals surface area contributed by atoms with Gasteiger partial charge < -0.3 is 34.3 Å². The van der Waals surface area contributed by atoms with Crippen LogP contribution in [0.25, 0.3) is 10.4 Å². The average molecular weight is 540 g/mol. The summed E-state index contributed by atoms with van der Waals surface area (Å²) in [6.07, 6.45) is 2.73. The van der Waals surface area contributed by atoms with E-state index in [1.807, 2.05) is 0 Å². The number of azide groups is 1. The van der Waals surface area contributed by atoms with Crippen LogP contribution in [-0.4, -0.2) is 77.7 Å². The van der Waals surface area contributed by atoms with Gasteiger partial charge >= 0.3 is 0 Å². The molecule has 2 N–H and O–H groups in total. The lowest BCUT2D eigenvalue weighted by Gasteiger charge is -2.17. The van der Waals surface area contributed by atoms with E-state index in [0.717, 1.165) is 19.3 Å². The molecule has 3 atom stereocenters. The number of methoxy groups -OCH3 is 2. The normalized spacial score (nSPS) is 17.4. The molecule has 1 fully saturated rings. The molecular weight excluding hydrogens is 501 g/mol. The molecule has 13 heteroatoms. The first-order chi connectivity index (χ1) is 18.5. The second kappa shape index (κ2) is 18.3. The highest BCUT2D eigenvalue weighted by Gasteiger charge is 2.27. The fourth-order valence-corrected chi connectivity index (χ4v) is 3.68. The number of nitrogens with one attached hydrogen (secondary N) is 2. The van der Waals surface area contributed by atoms with Gasteiger partial charge in [0.1, 0.15) is 12.7 Å². The van der Waals surface area contributed by atoms with Crippen molar-refractivity contribution in [2.24, 2.45) is 5.11 Å². The Kier molecular flexibility index (Phi) is 15.1. The van der Waals surface area contributed by atoms with Crippen molar-refractivity contribution < 1.29 is 37.7 Å². The van der Waals surface area contributed by atoms with Gasteiger partial charge in [0.25, 0.3) is 0 Å². The molecule has 0 saturated carbocycles. The van der Waals surface area contributed by atoms with Gasteiger partial charge in [0.05, 0.1) is 25.9 Å². The largest absolute Gasteiger partial charge is 0.488 e. The van der Waals surface area contributed by atoms with E-state index in [-0.39, 0.29) is 49.3 Å². The van der Waals surface area contributed by atoms with Gasteiger partial charge in [0.15, 0.2) is 17.9 Å². The van der Waals surface area contributed by atoms with Crippen LogP contribution in [0.4, 0.5) is 4.39 Å². The van der Waals surface area contributed by atoms with Gasteiger partial charge in [0, 0.05) is 44.2 Å². The number of halogens is 1. The summed E-state index contributed by atoms with van der Waals surface area (Å²) < 4.78 is 41.9. The first-order valence-electron chi connectivity index (χ1n) is 12.7. The average Bonchev–Trinajstić information content (AvgIpc) is 3.39. The number of carbonyl (C=O) groups is 2. The van der Waals surface area contributed by atoms with Crippen LogP contribution in [0.1, 0.15) is 50.4 Å². The lowest BCUT2D eigenvalue weighted by molar-refractivity contribution is -0.126. The highest BCUT2D eigenvalue weighted by Crippen LogP contribution is 2.31. The molecule has 2 rings (SSSR count). The maximum atomic E-state index is 14.5. The van der Waals surface area contributed by atoms with Crippen molar-refractivity contribution in [2.45, 2.75) is 57.0 Å². The molecule has 1 aliphatic rings. The summed E-state index contributed by atoms with van der Waals surface area (Å²) in [4.78, 5) is 26.2. The molecule has 0 bridgehead atoms. The highest BCUT2D eigenvalue weighted by atomic mass is 19.1. The summed E-state index contributed by atoms with van der Waals surface area (Å²) in [6.45, 7) is 1.68. The molecule has 1 heterocycles. The quantitative estimate of drug-likeness (QED) is 0.118. The molecule has 212 valence electrons. The monoisotopic (exact) mass is 539 g/mol. The van der Waals surface area contributed by atoms with E-state index in [1.165, 1.54) is 13.2 Å². The number of carbonyl (C=O) groups excluding carboxylic acids is 2. The van der Waals surface area contributed by atoms with Crippen LogP contribution < -0.4 is 15.4 Å². The van der Waals surface area contributed by atoms with Gasteiger partial charge in [0.2, 0.25) is 11.8 Å². The Hall–Kier alpha value is -2.96. The minimum Gasteiger partial charge on any atom is -0.488 e. The minimum absolute atomic E-state index is 0.0725. The SMILES string of the molecule is COCC(COc1ccc(C2OCC(CCCCNC(=O)CNC(=O)CCCCN=[N+]=[N-])O2)cc1F)OC. The molecule has 1 saturated heterocycles. The van der Waals surface area contributed by atoms with Crippen LogP contribution in [-0.2, 0) is 28.5 Å². The molecule has 38 heavy (non-hydrogen) atoms. The predicted molar refractivity (Wildman–Crippen MR) is 136 cm³/mol. The maximum absolute atomic E-state index is 14.5. The van der Waals surface area contributed by atoms with Crippen molar-refractivity contribution in [2.75, 3.05) is 53.7 Å². The Morgan fingerprint density at radius 1 is 1.18 bits per heavy atom. The van der Waals surface area contributed by atoms with Gasteiger partial charge in [-0.15, -0.1) is 0 Å². The predicted octanol–water partition coefficient (Wildman–Crippen LogP) is 3.16. The van der Waals surface area contributed by atoms with Crippen molar-refractivity contribution in [3.63, 3.8) is 0 Å². The van der Waals surface area contributed by atoms with E-state index in [9.17, 15) is 14.0 Å². The van der Waals surface area contributed by atoms with Crippen LogP contribution in [0, 0.1) is 5.82 Å². The highest BCUT2D eigenvalue weighted by molar-refractivity contribution is 5.84. The van der Waals surface area contributed by atoms with Crippen molar-refractivity contribution in [1.82, 2.24) is 10.6 Å². The van der Waals surface area contributed by atoms with Crippen LogP contribution in [0.5, 0.6) is 5.75 Å². The summed E-state index contributed by atoms with van der Waals surface area (Å²) in [5.41, 5.74) is 8.77. The molecule has 0 aliphatic carbocycles. The van der Waals surface area contributed by atoms with E-state index in [4.69, 9.17) is 29.2 Å². The lowest BCUT2D eigenvalue weighted by atomic mass is 10.1. The molecule has 1 aromatic carbocycles. The summed E-state index contributed by atoms with van der Waals surface area (Å²) in [6, 6.07) is 4.60. The van der Waals surface area contributed by atoms with E-state index >= 15 is 0 Å². The van der Waals surface area contributed by atoms with Gasteiger partial charge in [-0.3, -0.25) is 9.59 Å². The number of rotatable bonds is 19. The van der Waals surface area contributed by atoms with Crippen molar-refractivity contribution in [1.29, 1.82) is 0 Å². The smallest absolute Gasteiger partial charge is 0.239 e. The van der Waals surface area contributed by atoms with Crippen LogP contribution >= 0.6 is 0 Å². The molecular formula is C25H38FN5O7. The topological polar surface area (TPSA) is 153 Å². The number of nitrogens with zero attached hydrogens (tertiary/aromatic N) is 3. The van der Waals surface area contributed by atoms with Gasteiger partial charge in [-0.1, -0.05) is 11.2 Å². The molecule has 2 amide bonds. The second-order valence-electron chi connectivity index (χ2n) is 8.77. The van der Waals surface area contributed by atoms with E-state index in [2.05, 4.69) is 20.7 Å². The van der Waals surface area contributed by atoms with E-state index < -0.39 is 12.1 Å². The van der Waals surface area contributed by atoms with Gasteiger partial charge in [-0.05, 0) is 49.8 Å². The molecule has 12 nitrogen and oxygen atoms in total. The fourth-order valence-electron chi connectivity index (χ4n) is 3.68. The Labute approximate surface area is 222 Å². The molecule has 0 aromatic heterocycles. The van der Waals surface area contributed by atoms with Gasteiger partial charge in [-0.25, -0.2) is 4.39 Å². The second-order valence-corrected chi connectivity index (χ2v) is 8.77. The van der Waals surface area contributed by atoms with Crippen LogP contribution in [0.2, 0.25) is 0 Å². The molecule has 0 spiro atoms. The molecule has 1 aliphatic heterocycles. The molecule has 1 aromatic rings. The third-order valence-corrected chi connectivity index (χ3v) is 5.78. The standard InChI is InChI=1S/C25H38FN5O7/c1-34-15-20(35-2)17-36-22-10-9-18(13-21(22)26)25-37-16-19(38-25)7-3-5-11-28-24(33)14-29-23(32)8-4-6-12-30-31-27/h9-10,13,19-20,25H,3-8,11-12,14-17H2,1-2H3,(H,28,33)(H,29,32). The first kappa shape index (κ1) is 31.3. The third kappa shape index (κ3) is 12.1. The minimum atomic E-state index is -0.647. The van der Waals surface area contributed by atoms with E-state index in [1.54, 1.807) is 19.2 Å². The zero-order valence-corrected chi connectivity index (χ0v) is 22.0. The zero-order chi connectivity index (χ0) is 27.6. The lowest BCUT2D eigenvalue weighted by Crippen LogP contribution is -2.37. The summed E-state index contributed by atoms with van der Waals surface area (Å²) in [7, 11) is 3.10. The Morgan fingerprint density at radius 3 is 2.76 bits per heavy atom. The van der Waals surface area contributed by atoms with Crippen LogP contribution in [0.15, 0.2) is 23.3 Å². The molecule has 3 unspecified atom stereocenters. The first-order valence-corrected chi connectivity index (χ1v) is 12.7. The number of benzene rings is 1. The zero-order valence-electron chi connectivity index (χ0n) is 22.0. The molecule has 0 radical (unpaired) electrons. The van der Waals surface area contributed by atoms with Crippen molar-refractivity contribution in [3.8, 4) is 5.75 Å². The van der Waals surface area contributed by atoms with E-state index in [0.29, 0.717) is 44.7 Å². The Bertz CT molecular complexity index is 916. The number of hydrogen-bond donors (Lipinski definition) is 2. The summed E-state index contributed by atoms with van der Waals surface area (Å²) >= 11 is 0. The van der Waals surface area contributed by atoms with Crippen molar-refractivity contribution >= 4 is 11.8 Å². The van der Waals surface area contributed by atoms with Gasteiger partial charge in [-0.2, -0.15) is 0 Å². The van der Waals surface area contributed by atoms with Crippen LogP contribution in [0.3, 0.4) is 0 Å². The number of amides is 2.